The Morgan fingerprint density at radius 2 is 1.90 bits per heavy atom. The molecule has 0 saturated heterocycles. The molecule has 0 radical (unpaired) electrons. The summed E-state index contributed by atoms with van der Waals surface area (Å²) in [6.07, 6.45) is 0.830. The van der Waals surface area contributed by atoms with Crippen molar-refractivity contribution in [2.24, 2.45) is 0 Å². The summed E-state index contributed by atoms with van der Waals surface area (Å²) in [6.45, 7) is 3.63. The topological polar surface area (TPSA) is 85.9 Å². The van der Waals surface area contributed by atoms with Gasteiger partial charge in [-0.1, -0.05) is 12.1 Å². The molecule has 0 aliphatic carbocycles. The number of aromatic nitrogens is 2. The SMILES string of the molecule is COCCCOc1cccc(CN(C)c2nc3cc(OC)c(OC)c(C)c3c(=O)[nH]2)c1. The largest absolute Gasteiger partial charge is 0.493 e. The van der Waals surface area contributed by atoms with Crippen LogP contribution in [0.3, 0.4) is 0 Å². The van der Waals surface area contributed by atoms with Crippen LogP contribution in [0.15, 0.2) is 35.1 Å². The molecule has 1 heterocycles. The lowest BCUT2D eigenvalue weighted by Gasteiger charge is -2.19. The highest BCUT2D eigenvalue weighted by molar-refractivity contribution is 5.86. The van der Waals surface area contributed by atoms with Crippen molar-refractivity contribution >= 4 is 16.9 Å². The van der Waals surface area contributed by atoms with E-state index in [0.29, 0.717) is 53.7 Å². The fourth-order valence-electron chi connectivity index (χ4n) is 3.49. The summed E-state index contributed by atoms with van der Waals surface area (Å²) in [6, 6.07) is 9.60. The molecule has 0 aliphatic rings. The van der Waals surface area contributed by atoms with Gasteiger partial charge in [0.05, 0.1) is 31.7 Å². The van der Waals surface area contributed by atoms with E-state index in [9.17, 15) is 4.79 Å². The molecule has 0 saturated carbocycles. The molecule has 3 rings (SSSR count). The van der Waals surface area contributed by atoms with Gasteiger partial charge in [-0.2, -0.15) is 0 Å². The minimum absolute atomic E-state index is 0.222. The summed E-state index contributed by atoms with van der Waals surface area (Å²) >= 11 is 0. The third-order valence-corrected chi connectivity index (χ3v) is 5.01. The number of hydrogen-bond acceptors (Lipinski definition) is 7. The predicted octanol–water partition coefficient (Wildman–Crippen LogP) is 3.30. The van der Waals surface area contributed by atoms with Crippen LogP contribution in [-0.2, 0) is 11.3 Å². The van der Waals surface area contributed by atoms with Crippen molar-refractivity contribution in [3.05, 3.63) is 51.8 Å². The molecule has 166 valence electrons. The number of fused-ring (bicyclic) bond motifs is 1. The van der Waals surface area contributed by atoms with E-state index >= 15 is 0 Å². The number of aryl methyl sites for hydroxylation is 1. The molecule has 0 amide bonds. The minimum Gasteiger partial charge on any atom is -0.493 e. The number of ether oxygens (including phenoxy) is 4. The number of nitrogens with zero attached hydrogens (tertiary/aromatic N) is 2. The molecule has 3 aromatic rings. The van der Waals surface area contributed by atoms with Crippen LogP contribution in [0.4, 0.5) is 5.95 Å². The average Bonchev–Trinajstić information content (AvgIpc) is 2.76. The number of H-pyrrole nitrogens is 1. The Morgan fingerprint density at radius 3 is 2.61 bits per heavy atom. The number of anilines is 1. The van der Waals surface area contributed by atoms with E-state index in [1.165, 1.54) is 0 Å². The Balaban J connectivity index is 1.84. The Labute approximate surface area is 181 Å². The first-order valence-corrected chi connectivity index (χ1v) is 10.1. The summed E-state index contributed by atoms with van der Waals surface area (Å²) in [4.78, 5) is 22.2. The van der Waals surface area contributed by atoms with E-state index in [1.54, 1.807) is 27.4 Å². The second kappa shape index (κ2) is 10.2. The van der Waals surface area contributed by atoms with E-state index in [0.717, 1.165) is 17.7 Å². The van der Waals surface area contributed by atoms with Gasteiger partial charge in [0.2, 0.25) is 5.95 Å². The highest BCUT2D eigenvalue weighted by Crippen LogP contribution is 2.35. The number of nitrogens with one attached hydrogen (secondary N) is 1. The fourth-order valence-corrected chi connectivity index (χ4v) is 3.49. The van der Waals surface area contributed by atoms with Gasteiger partial charge >= 0.3 is 0 Å². The lowest BCUT2D eigenvalue weighted by molar-refractivity contribution is 0.172. The van der Waals surface area contributed by atoms with Gasteiger partial charge in [0.25, 0.3) is 5.56 Å². The molecule has 0 spiro atoms. The minimum atomic E-state index is -0.222. The van der Waals surface area contributed by atoms with Crippen LogP contribution >= 0.6 is 0 Å². The Morgan fingerprint density at radius 1 is 1.10 bits per heavy atom. The van der Waals surface area contributed by atoms with E-state index < -0.39 is 0 Å². The van der Waals surface area contributed by atoms with E-state index in [1.807, 2.05) is 43.1 Å². The van der Waals surface area contributed by atoms with Crippen LogP contribution < -0.4 is 24.7 Å². The first kappa shape index (κ1) is 22.4. The average molecular weight is 428 g/mol. The van der Waals surface area contributed by atoms with Gasteiger partial charge in [-0.25, -0.2) is 4.98 Å². The lowest BCUT2D eigenvalue weighted by atomic mass is 10.1. The number of rotatable bonds is 10. The third kappa shape index (κ3) is 5.08. The summed E-state index contributed by atoms with van der Waals surface area (Å²) < 4.78 is 21.6. The molecule has 31 heavy (non-hydrogen) atoms. The first-order valence-electron chi connectivity index (χ1n) is 10.1. The van der Waals surface area contributed by atoms with E-state index in [-0.39, 0.29) is 5.56 Å². The number of aromatic amines is 1. The van der Waals surface area contributed by atoms with Crippen molar-refractivity contribution < 1.29 is 18.9 Å². The second-order valence-corrected chi connectivity index (χ2v) is 7.22. The van der Waals surface area contributed by atoms with Crippen molar-refractivity contribution in [2.45, 2.75) is 19.9 Å². The van der Waals surface area contributed by atoms with Crippen LogP contribution in [0.5, 0.6) is 17.2 Å². The summed E-state index contributed by atoms with van der Waals surface area (Å²) in [5, 5.41) is 0.487. The lowest BCUT2D eigenvalue weighted by Crippen LogP contribution is -2.23. The van der Waals surface area contributed by atoms with Gasteiger partial charge < -0.3 is 23.8 Å². The van der Waals surface area contributed by atoms with Gasteiger partial charge in [0.15, 0.2) is 11.5 Å². The van der Waals surface area contributed by atoms with E-state index in [2.05, 4.69) is 9.97 Å². The fraction of sp³-hybridized carbons (Fsp3) is 0.391. The molecule has 0 aliphatic heterocycles. The zero-order valence-corrected chi connectivity index (χ0v) is 18.7. The highest BCUT2D eigenvalue weighted by Gasteiger charge is 2.17. The molecular weight excluding hydrogens is 398 g/mol. The Kier molecular flexibility index (Phi) is 7.36. The van der Waals surface area contributed by atoms with Crippen molar-refractivity contribution in [2.75, 3.05) is 46.5 Å². The molecule has 0 bridgehead atoms. The number of hydrogen-bond donors (Lipinski definition) is 1. The van der Waals surface area contributed by atoms with Crippen LogP contribution in [0.1, 0.15) is 17.5 Å². The van der Waals surface area contributed by atoms with Crippen molar-refractivity contribution in [3.8, 4) is 17.2 Å². The Hall–Kier alpha value is -3.26. The van der Waals surface area contributed by atoms with Crippen LogP contribution in [0.2, 0.25) is 0 Å². The van der Waals surface area contributed by atoms with Crippen molar-refractivity contribution in [3.63, 3.8) is 0 Å². The van der Waals surface area contributed by atoms with Crippen LogP contribution in [0.25, 0.3) is 10.9 Å². The molecular formula is C23H29N3O5. The van der Waals surface area contributed by atoms with Crippen molar-refractivity contribution in [1.29, 1.82) is 0 Å². The molecule has 0 fully saturated rings. The molecule has 2 aromatic carbocycles. The molecule has 0 unspecified atom stereocenters. The maximum Gasteiger partial charge on any atom is 0.260 e. The third-order valence-electron chi connectivity index (χ3n) is 5.01. The van der Waals surface area contributed by atoms with Gasteiger partial charge in [-0.3, -0.25) is 9.78 Å². The quantitative estimate of drug-likeness (QED) is 0.497. The van der Waals surface area contributed by atoms with Crippen molar-refractivity contribution in [1.82, 2.24) is 9.97 Å². The number of methoxy groups -OCH3 is 3. The normalized spacial score (nSPS) is 10.9. The first-order chi connectivity index (χ1) is 15.0. The molecule has 0 atom stereocenters. The van der Waals surface area contributed by atoms with Gasteiger partial charge in [0.1, 0.15) is 5.75 Å². The molecule has 8 heteroatoms. The standard InChI is InChI=1S/C23H29N3O5/c1-15-20-18(13-19(29-4)21(15)30-5)24-23(25-22(20)27)26(2)14-16-8-6-9-17(12-16)31-11-7-10-28-3/h6,8-9,12-13H,7,10-11,14H2,1-5H3,(H,24,25,27). The van der Waals surface area contributed by atoms with Gasteiger partial charge in [0, 0.05) is 45.4 Å². The zero-order valence-electron chi connectivity index (χ0n) is 18.7. The molecule has 1 N–H and O–H groups in total. The van der Waals surface area contributed by atoms with Crippen LogP contribution in [-0.4, -0.2) is 51.6 Å². The second-order valence-electron chi connectivity index (χ2n) is 7.22. The van der Waals surface area contributed by atoms with Crippen LogP contribution in [0, 0.1) is 6.92 Å². The maximum atomic E-state index is 12.8. The van der Waals surface area contributed by atoms with E-state index in [4.69, 9.17) is 18.9 Å². The summed E-state index contributed by atoms with van der Waals surface area (Å²) in [5.74, 6) is 2.34. The maximum absolute atomic E-state index is 12.8. The predicted molar refractivity (Wildman–Crippen MR) is 121 cm³/mol. The summed E-state index contributed by atoms with van der Waals surface area (Å²) in [5.41, 5.74) is 2.06. The smallest absolute Gasteiger partial charge is 0.260 e. The van der Waals surface area contributed by atoms with Gasteiger partial charge in [-0.15, -0.1) is 0 Å². The highest BCUT2D eigenvalue weighted by atomic mass is 16.5. The Bertz CT molecular complexity index is 1100. The molecule has 8 nitrogen and oxygen atoms in total. The summed E-state index contributed by atoms with van der Waals surface area (Å²) in [7, 11) is 6.67. The zero-order chi connectivity index (χ0) is 22.4. The number of benzene rings is 2. The monoisotopic (exact) mass is 427 g/mol. The molecule has 1 aromatic heterocycles. The van der Waals surface area contributed by atoms with Gasteiger partial charge in [-0.05, 0) is 24.6 Å².